The smallest absolute Gasteiger partial charge is 0.243 e. The minimum Gasteiger partial charge on any atom is -0.273 e. The van der Waals surface area contributed by atoms with Gasteiger partial charge in [-0.25, -0.2) is 9.69 Å². The summed E-state index contributed by atoms with van der Waals surface area (Å²) in [5.74, 6) is 0.0325. The number of nitrogens with zero attached hydrogens (tertiary/aromatic N) is 4. The zero-order valence-electron chi connectivity index (χ0n) is 17.2. The molecule has 0 radical (unpaired) electrons. The third kappa shape index (κ3) is 3.70. The number of hydrogen-bond acceptors (Lipinski definition) is 4. The number of carbonyl (C=O) groups is 1. The average Bonchev–Trinajstić information content (AvgIpc) is 3.58. The second-order valence-corrected chi connectivity index (χ2v) is 8.39. The summed E-state index contributed by atoms with van der Waals surface area (Å²) in [4.78, 5) is 13.8. The molecule has 0 saturated heterocycles. The molecule has 0 aliphatic carbocycles. The van der Waals surface area contributed by atoms with Crippen LogP contribution in [0.1, 0.15) is 36.2 Å². The van der Waals surface area contributed by atoms with Crippen LogP contribution in [0.5, 0.6) is 0 Å². The highest BCUT2D eigenvalue weighted by atomic mass is 32.1. The number of benzene rings is 2. The SMILES string of the molecule is CCC(=O)N1N=C(c2cn(-c3ccccc3)nc2-c2ccccc2)C[C@@H]1c1cccs1. The van der Waals surface area contributed by atoms with Crippen LogP contribution in [-0.2, 0) is 4.79 Å². The van der Waals surface area contributed by atoms with Gasteiger partial charge in [0.2, 0.25) is 5.91 Å². The molecule has 1 aliphatic rings. The van der Waals surface area contributed by atoms with Gasteiger partial charge in [-0.1, -0.05) is 61.5 Å². The van der Waals surface area contributed by atoms with Crippen LogP contribution in [-0.4, -0.2) is 26.4 Å². The zero-order chi connectivity index (χ0) is 21.2. The Morgan fingerprint density at radius 1 is 1.03 bits per heavy atom. The Morgan fingerprint density at radius 3 is 2.45 bits per heavy atom. The minimum absolute atomic E-state index is 0.0325. The molecule has 1 amide bonds. The summed E-state index contributed by atoms with van der Waals surface area (Å²) in [6.45, 7) is 1.88. The first kappa shape index (κ1) is 19.5. The van der Waals surface area contributed by atoms with E-state index in [4.69, 9.17) is 10.2 Å². The molecule has 5 nitrogen and oxygen atoms in total. The van der Waals surface area contributed by atoms with Gasteiger partial charge in [-0.3, -0.25) is 4.79 Å². The largest absolute Gasteiger partial charge is 0.273 e. The lowest BCUT2D eigenvalue weighted by molar-refractivity contribution is -0.132. The summed E-state index contributed by atoms with van der Waals surface area (Å²) < 4.78 is 1.89. The molecule has 4 aromatic rings. The van der Waals surface area contributed by atoms with E-state index in [1.807, 2.05) is 77.8 Å². The van der Waals surface area contributed by atoms with Crippen molar-refractivity contribution >= 4 is 23.0 Å². The highest BCUT2D eigenvalue weighted by Gasteiger charge is 2.34. The Morgan fingerprint density at radius 2 is 1.77 bits per heavy atom. The average molecular weight is 427 g/mol. The molecule has 0 bridgehead atoms. The Balaban J connectivity index is 1.62. The fraction of sp³-hybridized carbons (Fsp3) is 0.160. The molecule has 31 heavy (non-hydrogen) atoms. The highest BCUT2D eigenvalue weighted by Crippen LogP contribution is 2.37. The van der Waals surface area contributed by atoms with Crippen molar-refractivity contribution in [2.24, 2.45) is 5.10 Å². The number of rotatable bonds is 5. The number of carbonyl (C=O) groups excluding carboxylic acids is 1. The van der Waals surface area contributed by atoms with Gasteiger partial charge >= 0.3 is 0 Å². The van der Waals surface area contributed by atoms with Gasteiger partial charge in [-0.05, 0) is 23.6 Å². The molecule has 2 aromatic heterocycles. The molecule has 0 unspecified atom stereocenters. The maximum Gasteiger partial charge on any atom is 0.243 e. The first-order chi connectivity index (χ1) is 15.2. The van der Waals surface area contributed by atoms with Gasteiger partial charge in [0, 0.05) is 35.0 Å². The number of para-hydroxylation sites is 1. The van der Waals surface area contributed by atoms with Crippen molar-refractivity contribution in [3.8, 4) is 16.9 Å². The van der Waals surface area contributed by atoms with Gasteiger partial charge in [0.1, 0.15) is 5.69 Å². The van der Waals surface area contributed by atoms with Gasteiger partial charge in [0.25, 0.3) is 0 Å². The molecule has 2 aromatic carbocycles. The molecule has 1 aliphatic heterocycles. The molecule has 3 heterocycles. The summed E-state index contributed by atoms with van der Waals surface area (Å²) >= 11 is 1.66. The molecule has 154 valence electrons. The second-order valence-electron chi connectivity index (χ2n) is 7.41. The van der Waals surface area contributed by atoms with Crippen LogP contribution in [0.25, 0.3) is 16.9 Å². The molecule has 6 heteroatoms. The predicted molar refractivity (Wildman–Crippen MR) is 124 cm³/mol. The van der Waals surface area contributed by atoms with E-state index in [0.29, 0.717) is 12.8 Å². The van der Waals surface area contributed by atoms with Crippen molar-refractivity contribution in [1.29, 1.82) is 0 Å². The first-order valence-corrected chi connectivity index (χ1v) is 11.3. The maximum absolute atomic E-state index is 12.7. The van der Waals surface area contributed by atoms with Crippen LogP contribution in [0.15, 0.2) is 89.5 Å². The Hall–Kier alpha value is -3.51. The van der Waals surface area contributed by atoms with E-state index in [1.165, 1.54) is 0 Å². The Kier molecular flexibility index (Phi) is 5.22. The van der Waals surface area contributed by atoms with Gasteiger partial charge in [0.15, 0.2) is 0 Å². The molecule has 1 atom stereocenters. The fourth-order valence-electron chi connectivity index (χ4n) is 3.87. The first-order valence-electron chi connectivity index (χ1n) is 10.4. The van der Waals surface area contributed by atoms with Gasteiger partial charge < -0.3 is 0 Å². The van der Waals surface area contributed by atoms with Crippen molar-refractivity contribution in [3.63, 3.8) is 0 Å². The van der Waals surface area contributed by atoms with E-state index in [2.05, 4.69) is 18.2 Å². The van der Waals surface area contributed by atoms with Crippen LogP contribution < -0.4 is 0 Å². The lowest BCUT2D eigenvalue weighted by Gasteiger charge is -2.19. The molecule has 0 saturated carbocycles. The summed E-state index contributed by atoms with van der Waals surface area (Å²) in [7, 11) is 0. The van der Waals surface area contributed by atoms with Crippen LogP contribution >= 0.6 is 11.3 Å². The Bertz CT molecular complexity index is 1210. The van der Waals surface area contributed by atoms with Crippen molar-refractivity contribution < 1.29 is 4.79 Å². The molecule has 0 spiro atoms. The monoisotopic (exact) mass is 426 g/mol. The summed E-state index contributed by atoms with van der Waals surface area (Å²) in [5.41, 5.74) is 4.74. The predicted octanol–water partition coefficient (Wildman–Crippen LogP) is 5.69. The maximum atomic E-state index is 12.7. The van der Waals surface area contributed by atoms with Gasteiger partial charge in [-0.2, -0.15) is 10.2 Å². The van der Waals surface area contributed by atoms with E-state index in [1.54, 1.807) is 16.3 Å². The molecule has 0 N–H and O–H groups in total. The lowest BCUT2D eigenvalue weighted by Crippen LogP contribution is -2.25. The quantitative estimate of drug-likeness (QED) is 0.412. The van der Waals surface area contributed by atoms with E-state index >= 15 is 0 Å². The van der Waals surface area contributed by atoms with E-state index < -0.39 is 0 Å². The summed E-state index contributed by atoms with van der Waals surface area (Å²) in [5, 5.41) is 13.4. The van der Waals surface area contributed by atoms with Crippen molar-refractivity contribution in [1.82, 2.24) is 14.8 Å². The van der Waals surface area contributed by atoms with Crippen molar-refractivity contribution in [3.05, 3.63) is 94.8 Å². The third-order valence-electron chi connectivity index (χ3n) is 5.43. The van der Waals surface area contributed by atoms with Crippen molar-refractivity contribution in [2.75, 3.05) is 0 Å². The van der Waals surface area contributed by atoms with Crippen LogP contribution in [0.2, 0.25) is 0 Å². The third-order valence-corrected chi connectivity index (χ3v) is 6.41. The standard InChI is InChI=1S/C25H22N4OS/c1-2-24(30)29-22(23-14-9-15-31-23)16-21(26-29)20-17-28(19-12-7-4-8-13-19)27-25(20)18-10-5-3-6-11-18/h3-15,17,22H,2,16H2,1H3/t22-/m1/s1. The highest BCUT2D eigenvalue weighted by molar-refractivity contribution is 7.10. The number of hydrazone groups is 1. The van der Waals surface area contributed by atoms with Crippen molar-refractivity contribution in [2.45, 2.75) is 25.8 Å². The van der Waals surface area contributed by atoms with Gasteiger partial charge in [0.05, 0.1) is 17.4 Å². The number of aromatic nitrogens is 2. The second kappa shape index (κ2) is 8.32. The van der Waals surface area contributed by atoms with Gasteiger partial charge in [-0.15, -0.1) is 11.3 Å². The van der Waals surface area contributed by atoms with Crippen LogP contribution in [0.4, 0.5) is 0 Å². The van der Waals surface area contributed by atoms with E-state index in [9.17, 15) is 4.79 Å². The number of thiophene rings is 1. The zero-order valence-corrected chi connectivity index (χ0v) is 18.0. The van der Waals surface area contributed by atoms with E-state index in [-0.39, 0.29) is 11.9 Å². The fourth-order valence-corrected chi connectivity index (χ4v) is 4.69. The normalized spacial score (nSPS) is 15.8. The molecule has 5 rings (SSSR count). The van der Waals surface area contributed by atoms with E-state index in [0.717, 1.165) is 33.1 Å². The minimum atomic E-state index is -0.0638. The summed E-state index contributed by atoms with van der Waals surface area (Å²) in [6, 6.07) is 24.2. The van der Waals surface area contributed by atoms with Crippen LogP contribution in [0, 0.1) is 0 Å². The number of hydrogen-bond donors (Lipinski definition) is 0. The topological polar surface area (TPSA) is 50.5 Å². The lowest BCUT2D eigenvalue weighted by atomic mass is 10.0. The molecule has 0 fully saturated rings. The summed E-state index contributed by atoms with van der Waals surface area (Å²) in [6.07, 6.45) is 3.13. The molecular formula is C25H22N4OS. The molecular weight excluding hydrogens is 404 g/mol. The number of amides is 1. The van der Waals surface area contributed by atoms with Crippen LogP contribution in [0.3, 0.4) is 0 Å². The Labute approximate surface area is 185 Å².